The Labute approximate surface area is 196 Å². The highest BCUT2D eigenvalue weighted by molar-refractivity contribution is 7.89. The van der Waals surface area contributed by atoms with Crippen LogP contribution < -0.4 is 19.3 Å². The Morgan fingerprint density at radius 3 is 2.36 bits per heavy atom. The van der Waals surface area contributed by atoms with Gasteiger partial charge in [-0.3, -0.25) is 0 Å². The first-order valence-corrected chi connectivity index (χ1v) is 12.7. The van der Waals surface area contributed by atoms with E-state index in [9.17, 15) is 8.42 Å². The third-order valence-electron chi connectivity index (χ3n) is 6.01. The maximum atomic E-state index is 13.1. The largest absolute Gasteiger partial charge is 0.494 e. The van der Waals surface area contributed by atoms with Crippen LogP contribution in [0.15, 0.2) is 77.7 Å². The van der Waals surface area contributed by atoms with Crippen molar-refractivity contribution in [1.82, 2.24) is 4.72 Å². The lowest BCUT2D eigenvalue weighted by atomic mass is 10.0. The minimum absolute atomic E-state index is 0.123. The summed E-state index contributed by atoms with van der Waals surface area (Å²) in [6.45, 7) is 3.55. The van der Waals surface area contributed by atoms with Crippen molar-refractivity contribution >= 4 is 21.4 Å². The van der Waals surface area contributed by atoms with Crippen LogP contribution in [-0.4, -0.2) is 42.2 Å². The zero-order chi connectivity index (χ0) is 23.4. The van der Waals surface area contributed by atoms with Crippen LogP contribution in [0.2, 0.25) is 0 Å². The number of nitrogens with one attached hydrogen (secondary N) is 1. The molecule has 0 unspecified atom stereocenters. The summed E-state index contributed by atoms with van der Waals surface area (Å²) >= 11 is 0. The van der Waals surface area contributed by atoms with E-state index in [0.717, 1.165) is 24.2 Å². The minimum Gasteiger partial charge on any atom is -0.494 e. The number of hydrogen-bond acceptors (Lipinski definition) is 5. The van der Waals surface area contributed by atoms with E-state index in [4.69, 9.17) is 4.74 Å². The van der Waals surface area contributed by atoms with Gasteiger partial charge >= 0.3 is 0 Å². The molecule has 3 aromatic carbocycles. The van der Waals surface area contributed by atoms with Gasteiger partial charge in [0.15, 0.2) is 0 Å². The Bertz CT molecular complexity index is 1180. The van der Waals surface area contributed by atoms with Gasteiger partial charge in [0, 0.05) is 38.6 Å². The molecule has 1 aliphatic heterocycles. The van der Waals surface area contributed by atoms with Crippen molar-refractivity contribution in [2.75, 3.05) is 43.6 Å². The number of rotatable bonds is 9. The molecule has 7 heteroatoms. The summed E-state index contributed by atoms with van der Waals surface area (Å²) in [4.78, 5) is 4.59. The van der Waals surface area contributed by atoms with Gasteiger partial charge in [0.25, 0.3) is 0 Å². The molecule has 1 N–H and O–H groups in total. The van der Waals surface area contributed by atoms with Gasteiger partial charge < -0.3 is 14.5 Å². The van der Waals surface area contributed by atoms with Crippen molar-refractivity contribution in [3.63, 3.8) is 0 Å². The molecule has 0 amide bonds. The highest BCUT2D eigenvalue weighted by Crippen LogP contribution is 2.35. The van der Waals surface area contributed by atoms with Crippen LogP contribution in [0, 0.1) is 0 Å². The van der Waals surface area contributed by atoms with E-state index < -0.39 is 10.0 Å². The van der Waals surface area contributed by atoms with E-state index in [-0.39, 0.29) is 17.5 Å². The Morgan fingerprint density at radius 2 is 1.70 bits per heavy atom. The molecular formula is C26H31N3O3S. The molecule has 4 rings (SSSR count). The number of hydrogen-bond donors (Lipinski definition) is 1. The first-order valence-electron chi connectivity index (χ1n) is 11.2. The zero-order valence-corrected chi connectivity index (χ0v) is 20.2. The first-order chi connectivity index (χ1) is 15.9. The highest BCUT2D eigenvalue weighted by atomic mass is 32.2. The molecule has 1 aliphatic rings. The predicted molar refractivity (Wildman–Crippen MR) is 134 cm³/mol. The second kappa shape index (κ2) is 9.85. The molecule has 0 bridgehead atoms. The fourth-order valence-electron chi connectivity index (χ4n) is 4.24. The average molecular weight is 466 g/mol. The van der Waals surface area contributed by atoms with Gasteiger partial charge in [-0.1, -0.05) is 30.3 Å². The number of anilines is 2. The lowest BCUT2D eigenvalue weighted by Gasteiger charge is -2.31. The molecule has 6 nitrogen and oxygen atoms in total. The Balaban J connectivity index is 1.60. The molecule has 1 heterocycles. The third kappa shape index (κ3) is 5.15. The second-order valence-electron chi connectivity index (χ2n) is 8.33. The van der Waals surface area contributed by atoms with Crippen LogP contribution in [-0.2, 0) is 16.4 Å². The molecule has 0 spiro atoms. The van der Waals surface area contributed by atoms with Crippen molar-refractivity contribution in [3.8, 4) is 5.75 Å². The second-order valence-corrected chi connectivity index (χ2v) is 10.1. The number of fused-ring (bicyclic) bond motifs is 1. The molecule has 174 valence electrons. The molecule has 0 saturated carbocycles. The molecule has 0 aromatic heterocycles. The maximum Gasteiger partial charge on any atom is 0.240 e. The van der Waals surface area contributed by atoms with E-state index >= 15 is 0 Å². The summed E-state index contributed by atoms with van der Waals surface area (Å²) in [5, 5.41) is 0. The molecule has 1 atom stereocenters. The van der Waals surface area contributed by atoms with E-state index in [1.807, 2.05) is 27.1 Å². The van der Waals surface area contributed by atoms with Crippen LogP contribution in [0.25, 0.3) is 0 Å². The number of ether oxygens (including phenoxy) is 1. The van der Waals surface area contributed by atoms with Gasteiger partial charge in [-0.05, 0) is 66.9 Å². The van der Waals surface area contributed by atoms with Gasteiger partial charge in [-0.2, -0.15) is 0 Å². The molecular weight excluding hydrogens is 434 g/mol. The van der Waals surface area contributed by atoms with Crippen LogP contribution in [0.4, 0.5) is 11.4 Å². The first kappa shape index (κ1) is 23.1. The van der Waals surface area contributed by atoms with E-state index in [1.54, 1.807) is 24.3 Å². The number of nitrogens with zero attached hydrogens (tertiary/aromatic N) is 2. The van der Waals surface area contributed by atoms with Crippen LogP contribution in [0.5, 0.6) is 5.75 Å². The van der Waals surface area contributed by atoms with Gasteiger partial charge in [0.1, 0.15) is 5.75 Å². The summed E-state index contributed by atoms with van der Waals surface area (Å²) in [6.07, 6.45) is 0.952. The fraction of sp³-hybridized carbons (Fsp3) is 0.308. The molecule has 0 fully saturated rings. The van der Waals surface area contributed by atoms with Crippen LogP contribution in [0.3, 0.4) is 0 Å². The lowest BCUT2D eigenvalue weighted by Crippen LogP contribution is -2.37. The van der Waals surface area contributed by atoms with E-state index in [2.05, 4.69) is 57.0 Å². The summed E-state index contributed by atoms with van der Waals surface area (Å²) in [6, 6.07) is 23.1. The highest BCUT2D eigenvalue weighted by Gasteiger charge is 2.28. The van der Waals surface area contributed by atoms with Crippen molar-refractivity contribution < 1.29 is 13.2 Å². The Hall–Kier alpha value is -3.03. The summed E-state index contributed by atoms with van der Waals surface area (Å²) in [7, 11) is 0.352. The molecule has 33 heavy (non-hydrogen) atoms. The van der Waals surface area contributed by atoms with Crippen molar-refractivity contribution in [2.24, 2.45) is 0 Å². The van der Waals surface area contributed by atoms with Gasteiger partial charge in [0.2, 0.25) is 10.0 Å². The SMILES string of the molecule is CCOc1ccc(S(=O)(=O)NC[C@@H](c2ccc(N(C)C)cc2)N2CCc3ccccc32)cc1. The van der Waals surface area contributed by atoms with Gasteiger partial charge in [-0.25, -0.2) is 13.1 Å². The topological polar surface area (TPSA) is 61.9 Å². The van der Waals surface area contributed by atoms with E-state index in [0.29, 0.717) is 12.4 Å². The maximum absolute atomic E-state index is 13.1. The monoisotopic (exact) mass is 465 g/mol. The standard InChI is InChI=1S/C26H31N3O3S/c1-4-32-23-13-15-24(16-14-23)33(30,31)27-19-26(21-9-11-22(12-10-21)28(2)3)29-18-17-20-7-5-6-8-25(20)29/h5-16,26-27H,4,17-19H2,1-3H3/t26-/m0/s1. The van der Waals surface area contributed by atoms with Crippen LogP contribution >= 0.6 is 0 Å². The van der Waals surface area contributed by atoms with Crippen molar-refractivity contribution in [2.45, 2.75) is 24.3 Å². The molecule has 0 saturated heterocycles. The Morgan fingerprint density at radius 1 is 1.00 bits per heavy atom. The van der Waals surface area contributed by atoms with E-state index in [1.165, 1.54) is 11.3 Å². The summed E-state index contributed by atoms with van der Waals surface area (Å²) in [5.74, 6) is 0.656. The van der Waals surface area contributed by atoms with Gasteiger partial charge in [0.05, 0.1) is 17.5 Å². The lowest BCUT2D eigenvalue weighted by molar-refractivity contribution is 0.340. The average Bonchev–Trinajstić information content (AvgIpc) is 3.24. The fourth-order valence-corrected chi connectivity index (χ4v) is 5.28. The number of para-hydroxylation sites is 1. The summed E-state index contributed by atoms with van der Waals surface area (Å²) < 4.78 is 34.4. The smallest absolute Gasteiger partial charge is 0.240 e. The van der Waals surface area contributed by atoms with Gasteiger partial charge in [-0.15, -0.1) is 0 Å². The summed E-state index contributed by atoms with van der Waals surface area (Å²) in [5.41, 5.74) is 4.64. The quantitative estimate of drug-likeness (QED) is 0.512. The molecule has 3 aromatic rings. The molecule has 0 radical (unpaired) electrons. The third-order valence-corrected chi connectivity index (χ3v) is 7.44. The molecule has 0 aliphatic carbocycles. The predicted octanol–water partition coefficient (Wildman–Crippen LogP) is 4.23. The van der Waals surface area contributed by atoms with Crippen LogP contribution in [0.1, 0.15) is 24.1 Å². The van der Waals surface area contributed by atoms with Crippen molar-refractivity contribution in [3.05, 3.63) is 83.9 Å². The number of sulfonamides is 1. The normalized spacial score (nSPS) is 14.1. The number of benzene rings is 3. The zero-order valence-electron chi connectivity index (χ0n) is 19.4. The van der Waals surface area contributed by atoms with Crippen molar-refractivity contribution in [1.29, 1.82) is 0 Å². The Kier molecular flexibility index (Phi) is 6.91. The minimum atomic E-state index is -3.66.